The van der Waals surface area contributed by atoms with E-state index >= 15 is 0 Å². The fraction of sp³-hybridized carbons (Fsp3) is 0.375. The summed E-state index contributed by atoms with van der Waals surface area (Å²) in [4.78, 5) is 2.58. The van der Waals surface area contributed by atoms with Crippen molar-refractivity contribution < 1.29 is 0 Å². The number of aryl methyl sites for hydroxylation is 1. The fourth-order valence-corrected chi connectivity index (χ4v) is 4.40. The molecule has 2 heterocycles. The molecule has 1 N–H and O–H groups in total. The zero-order chi connectivity index (χ0) is 20.1. The lowest BCUT2D eigenvalue weighted by atomic mass is 10.0. The number of nitrogens with zero attached hydrogens (tertiary/aromatic N) is 3. The first-order chi connectivity index (χ1) is 14.2. The molecule has 2 aromatic carbocycles. The van der Waals surface area contributed by atoms with Crippen LogP contribution < -0.4 is 5.32 Å². The summed E-state index contributed by atoms with van der Waals surface area (Å²) in [6.07, 6.45) is 4.62. The van der Waals surface area contributed by atoms with Gasteiger partial charge >= 0.3 is 0 Å². The zero-order valence-electron chi connectivity index (χ0n) is 17.0. The van der Waals surface area contributed by atoms with Crippen LogP contribution in [0.3, 0.4) is 0 Å². The number of likely N-dealkylation sites (tertiary alicyclic amines) is 1. The van der Waals surface area contributed by atoms with Crippen molar-refractivity contribution in [1.29, 1.82) is 0 Å². The first kappa shape index (κ1) is 20.1. The fourth-order valence-electron chi connectivity index (χ4n) is 4.21. The number of halogens is 1. The average Bonchev–Trinajstić information content (AvgIpc) is 3.32. The summed E-state index contributed by atoms with van der Waals surface area (Å²) in [5, 5.41) is 9.01. The average molecular weight is 409 g/mol. The summed E-state index contributed by atoms with van der Waals surface area (Å²) >= 11 is 6.16. The van der Waals surface area contributed by atoms with Gasteiger partial charge in [-0.2, -0.15) is 5.10 Å². The minimum Gasteiger partial charge on any atom is -0.313 e. The molecule has 1 aliphatic rings. The Morgan fingerprint density at radius 3 is 2.83 bits per heavy atom. The lowest BCUT2D eigenvalue weighted by Crippen LogP contribution is -2.22. The molecule has 0 aliphatic carbocycles. The Hall–Kier alpha value is -2.14. The van der Waals surface area contributed by atoms with E-state index in [0.717, 1.165) is 41.8 Å². The number of hydrogen-bond acceptors (Lipinski definition) is 3. The first-order valence-electron chi connectivity index (χ1n) is 10.4. The van der Waals surface area contributed by atoms with E-state index in [-0.39, 0.29) is 0 Å². The summed E-state index contributed by atoms with van der Waals surface area (Å²) in [7, 11) is 1.97. The SMILES string of the molecule is Cn1cc(CNCC[C@@H]2CCN(Cc3ccccc3)C2)c(-c2cccc(Cl)c2)n1. The second kappa shape index (κ2) is 9.57. The van der Waals surface area contributed by atoms with Crippen LogP contribution in [0.15, 0.2) is 60.8 Å². The topological polar surface area (TPSA) is 33.1 Å². The van der Waals surface area contributed by atoms with Gasteiger partial charge in [0.1, 0.15) is 0 Å². The van der Waals surface area contributed by atoms with Crippen molar-refractivity contribution in [1.82, 2.24) is 20.0 Å². The Kier molecular flexibility index (Phi) is 6.65. The van der Waals surface area contributed by atoms with E-state index in [4.69, 9.17) is 11.6 Å². The molecular formula is C24H29ClN4. The standard InChI is InChI=1S/C24H29ClN4/c1-28-18-22(24(27-28)21-8-5-9-23(25)14-21)15-26-12-10-20-11-13-29(17-20)16-19-6-3-2-4-7-19/h2-9,14,18,20,26H,10-13,15-17H2,1H3/t20-/m1/s1. The van der Waals surface area contributed by atoms with E-state index in [2.05, 4.69) is 57.9 Å². The van der Waals surface area contributed by atoms with Crippen molar-refractivity contribution in [3.63, 3.8) is 0 Å². The van der Waals surface area contributed by atoms with Gasteiger partial charge in [-0.25, -0.2) is 0 Å². The maximum atomic E-state index is 6.16. The maximum absolute atomic E-state index is 6.16. The van der Waals surface area contributed by atoms with Gasteiger partial charge in [0.25, 0.3) is 0 Å². The van der Waals surface area contributed by atoms with Gasteiger partial charge in [-0.15, -0.1) is 0 Å². The highest BCUT2D eigenvalue weighted by Crippen LogP contribution is 2.25. The third-order valence-electron chi connectivity index (χ3n) is 5.67. The molecule has 0 unspecified atom stereocenters. The van der Waals surface area contributed by atoms with E-state index < -0.39 is 0 Å². The van der Waals surface area contributed by atoms with Crippen molar-refractivity contribution in [3.05, 3.63) is 76.9 Å². The number of rotatable bonds is 8. The third-order valence-corrected chi connectivity index (χ3v) is 5.90. The Labute approximate surface area is 178 Å². The normalized spacial score (nSPS) is 17.1. The number of nitrogens with one attached hydrogen (secondary N) is 1. The molecule has 3 aromatic rings. The van der Waals surface area contributed by atoms with Crippen LogP contribution in [-0.4, -0.2) is 34.3 Å². The number of aromatic nitrogens is 2. The van der Waals surface area contributed by atoms with Gasteiger partial charge in [-0.3, -0.25) is 9.58 Å². The second-order valence-corrected chi connectivity index (χ2v) is 8.46. The monoisotopic (exact) mass is 408 g/mol. The smallest absolute Gasteiger partial charge is 0.0968 e. The second-order valence-electron chi connectivity index (χ2n) is 8.03. The van der Waals surface area contributed by atoms with E-state index in [0.29, 0.717) is 0 Å². The van der Waals surface area contributed by atoms with Gasteiger partial charge in [0.15, 0.2) is 0 Å². The summed E-state index contributed by atoms with van der Waals surface area (Å²) in [5.41, 5.74) is 4.71. The molecule has 0 amide bonds. The lowest BCUT2D eigenvalue weighted by molar-refractivity contribution is 0.312. The van der Waals surface area contributed by atoms with E-state index in [1.807, 2.05) is 29.9 Å². The molecule has 4 nitrogen and oxygen atoms in total. The van der Waals surface area contributed by atoms with Crippen LogP contribution in [0.25, 0.3) is 11.3 Å². The highest BCUT2D eigenvalue weighted by molar-refractivity contribution is 6.30. The Morgan fingerprint density at radius 1 is 1.14 bits per heavy atom. The summed E-state index contributed by atoms with van der Waals surface area (Å²) in [5.74, 6) is 0.785. The zero-order valence-corrected chi connectivity index (χ0v) is 17.8. The number of benzene rings is 2. The molecule has 0 spiro atoms. The molecule has 1 aliphatic heterocycles. The van der Waals surface area contributed by atoms with Crippen molar-refractivity contribution in [3.8, 4) is 11.3 Å². The molecule has 4 rings (SSSR count). The molecular weight excluding hydrogens is 380 g/mol. The predicted molar refractivity (Wildman–Crippen MR) is 120 cm³/mol. The minimum absolute atomic E-state index is 0.744. The van der Waals surface area contributed by atoms with Gasteiger partial charge in [-0.1, -0.05) is 54.1 Å². The lowest BCUT2D eigenvalue weighted by Gasteiger charge is -2.16. The summed E-state index contributed by atoms with van der Waals surface area (Å²) < 4.78 is 1.88. The van der Waals surface area contributed by atoms with Crippen LogP contribution in [0.2, 0.25) is 5.02 Å². The third kappa shape index (κ3) is 5.47. The Bertz CT molecular complexity index is 922. The van der Waals surface area contributed by atoms with Crippen LogP contribution in [0.5, 0.6) is 0 Å². The van der Waals surface area contributed by atoms with E-state index in [9.17, 15) is 0 Å². The molecule has 1 atom stereocenters. The molecule has 0 saturated carbocycles. The minimum atomic E-state index is 0.744. The summed E-state index contributed by atoms with van der Waals surface area (Å²) in [6, 6.07) is 18.7. The molecule has 1 fully saturated rings. The van der Waals surface area contributed by atoms with Gasteiger partial charge in [0.2, 0.25) is 0 Å². The van der Waals surface area contributed by atoms with Crippen LogP contribution >= 0.6 is 11.6 Å². The quantitative estimate of drug-likeness (QED) is 0.546. The molecule has 29 heavy (non-hydrogen) atoms. The summed E-state index contributed by atoms with van der Waals surface area (Å²) in [6.45, 7) is 5.35. The predicted octanol–water partition coefficient (Wildman–Crippen LogP) is 4.74. The largest absolute Gasteiger partial charge is 0.313 e. The molecule has 5 heteroatoms. The van der Waals surface area contributed by atoms with Crippen molar-refractivity contribution in [2.75, 3.05) is 19.6 Å². The van der Waals surface area contributed by atoms with Crippen LogP contribution in [-0.2, 0) is 20.1 Å². The van der Waals surface area contributed by atoms with Gasteiger partial charge in [-0.05, 0) is 49.5 Å². The number of hydrogen-bond donors (Lipinski definition) is 1. The Morgan fingerprint density at radius 2 is 2.00 bits per heavy atom. The van der Waals surface area contributed by atoms with E-state index in [1.165, 1.54) is 37.1 Å². The van der Waals surface area contributed by atoms with Gasteiger partial charge < -0.3 is 5.32 Å². The Balaban J connectivity index is 1.24. The van der Waals surface area contributed by atoms with Crippen molar-refractivity contribution in [2.45, 2.75) is 25.9 Å². The van der Waals surface area contributed by atoms with Gasteiger partial charge in [0.05, 0.1) is 5.69 Å². The van der Waals surface area contributed by atoms with E-state index in [1.54, 1.807) is 0 Å². The molecule has 0 radical (unpaired) electrons. The van der Waals surface area contributed by atoms with Crippen molar-refractivity contribution >= 4 is 11.6 Å². The van der Waals surface area contributed by atoms with Crippen LogP contribution in [0.1, 0.15) is 24.0 Å². The van der Waals surface area contributed by atoms with Crippen LogP contribution in [0, 0.1) is 5.92 Å². The highest BCUT2D eigenvalue weighted by atomic mass is 35.5. The highest BCUT2D eigenvalue weighted by Gasteiger charge is 2.22. The maximum Gasteiger partial charge on any atom is 0.0968 e. The first-order valence-corrected chi connectivity index (χ1v) is 10.8. The van der Waals surface area contributed by atoms with Gasteiger partial charge in [0, 0.05) is 49.0 Å². The molecule has 152 valence electrons. The molecule has 1 aromatic heterocycles. The van der Waals surface area contributed by atoms with Crippen LogP contribution in [0.4, 0.5) is 0 Å². The van der Waals surface area contributed by atoms with Crippen molar-refractivity contribution in [2.24, 2.45) is 13.0 Å². The molecule has 1 saturated heterocycles. The molecule has 0 bridgehead atoms.